The number of hydrogen-bond donors (Lipinski definition) is 1. The number of nitrogens with one attached hydrogen (secondary N) is 1. The number of halogens is 1. The molecule has 1 nitrogen and oxygen atoms in total. The van der Waals surface area contributed by atoms with E-state index in [4.69, 9.17) is 0 Å². The molecule has 0 aromatic rings. The van der Waals surface area contributed by atoms with Crippen LogP contribution < -0.4 is 5.32 Å². The summed E-state index contributed by atoms with van der Waals surface area (Å²) in [4.78, 5) is 0. The number of alkyl halides is 1. The highest BCUT2D eigenvalue weighted by Crippen LogP contribution is 2.21. The van der Waals surface area contributed by atoms with Gasteiger partial charge in [-0.3, -0.25) is 0 Å². The Bertz CT molecular complexity index is 161. The molecule has 0 rings (SSSR count). The van der Waals surface area contributed by atoms with Crippen molar-refractivity contribution in [2.75, 3.05) is 11.9 Å². The van der Waals surface area contributed by atoms with Gasteiger partial charge in [0, 0.05) is 17.3 Å². The van der Waals surface area contributed by atoms with Crippen LogP contribution in [0.4, 0.5) is 0 Å². The topological polar surface area (TPSA) is 12.0 Å². The molecule has 0 bridgehead atoms. The summed E-state index contributed by atoms with van der Waals surface area (Å²) in [6.07, 6.45) is 0. The van der Waals surface area contributed by atoms with Gasteiger partial charge in [-0.2, -0.15) is 0 Å². The third kappa shape index (κ3) is 4.28. The van der Waals surface area contributed by atoms with Gasteiger partial charge in [-0.15, -0.1) is 5.73 Å². The van der Waals surface area contributed by atoms with E-state index in [1.165, 1.54) is 0 Å². The Hall–Kier alpha value is -0.200. The molecule has 0 aliphatic rings. The van der Waals surface area contributed by atoms with Crippen LogP contribution >= 0.6 is 15.9 Å². The van der Waals surface area contributed by atoms with E-state index < -0.39 is 0 Å². The van der Waals surface area contributed by atoms with Gasteiger partial charge in [0.2, 0.25) is 0 Å². The first kappa shape index (κ1) is 10.8. The Balaban J connectivity index is 4.10. The molecule has 0 heterocycles. The molecule has 2 heteroatoms. The predicted octanol–water partition coefficient (Wildman–Crippen LogP) is 2.69. The number of rotatable bonds is 3. The molecular weight excluding hydrogens is 202 g/mol. The average Bonchev–Trinajstić information content (AvgIpc) is 1.87. The van der Waals surface area contributed by atoms with Gasteiger partial charge in [0.25, 0.3) is 0 Å². The Morgan fingerprint density at radius 1 is 1.55 bits per heavy atom. The van der Waals surface area contributed by atoms with Gasteiger partial charge >= 0.3 is 0 Å². The van der Waals surface area contributed by atoms with Crippen molar-refractivity contribution in [3.8, 4) is 0 Å². The van der Waals surface area contributed by atoms with E-state index in [0.717, 1.165) is 17.6 Å². The summed E-state index contributed by atoms with van der Waals surface area (Å²) in [6.45, 7) is 11.0. The summed E-state index contributed by atoms with van der Waals surface area (Å²) in [5.74, 6) is 0. The minimum atomic E-state index is 0.129. The molecule has 11 heavy (non-hydrogen) atoms. The van der Waals surface area contributed by atoms with Crippen LogP contribution in [0.25, 0.3) is 0 Å². The van der Waals surface area contributed by atoms with E-state index in [1.54, 1.807) is 0 Å². The summed E-state index contributed by atoms with van der Waals surface area (Å²) < 4.78 is 0. The summed E-state index contributed by atoms with van der Waals surface area (Å²) in [7, 11) is 0. The van der Waals surface area contributed by atoms with Crippen LogP contribution in [0, 0.1) is 5.41 Å². The minimum absolute atomic E-state index is 0.129. The van der Waals surface area contributed by atoms with Crippen LogP contribution in [0.1, 0.15) is 20.8 Å². The van der Waals surface area contributed by atoms with E-state index in [9.17, 15) is 0 Å². The highest BCUT2D eigenvalue weighted by atomic mass is 79.9. The molecule has 0 fully saturated rings. The third-order valence-corrected chi connectivity index (χ3v) is 1.72. The minimum Gasteiger partial charge on any atom is -0.381 e. The molecule has 0 aromatic heterocycles. The van der Waals surface area contributed by atoms with E-state index in [-0.39, 0.29) is 5.41 Å². The second kappa shape index (κ2) is 4.63. The van der Waals surface area contributed by atoms with Crippen LogP contribution in [0.5, 0.6) is 0 Å². The Labute approximate surface area is 77.7 Å². The summed E-state index contributed by atoms with van der Waals surface area (Å²) in [5, 5.41) is 4.21. The molecule has 0 saturated carbocycles. The second-order valence-electron chi connectivity index (χ2n) is 3.42. The molecule has 0 radical (unpaired) electrons. The maximum absolute atomic E-state index is 3.64. The van der Waals surface area contributed by atoms with Crippen molar-refractivity contribution in [2.45, 2.75) is 20.8 Å². The van der Waals surface area contributed by atoms with Crippen LogP contribution in [0.3, 0.4) is 0 Å². The zero-order chi connectivity index (χ0) is 8.91. The predicted molar refractivity (Wildman–Crippen MR) is 53.9 cm³/mol. The standard InChI is InChI=1S/C9H16BrN/c1-5-8(9(2,3)4)11-7-6-10/h11H,1,6-7H2,2-4H3. The fourth-order valence-corrected chi connectivity index (χ4v) is 0.963. The highest BCUT2D eigenvalue weighted by Gasteiger charge is 2.15. The van der Waals surface area contributed by atoms with Crippen molar-refractivity contribution in [1.29, 1.82) is 0 Å². The molecule has 0 aliphatic heterocycles. The maximum Gasteiger partial charge on any atom is 0.0586 e. The molecule has 0 aliphatic carbocycles. The Morgan fingerprint density at radius 3 is 2.36 bits per heavy atom. The molecule has 0 amide bonds. The van der Waals surface area contributed by atoms with Crippen LogP contribution in [-0.4, -0.2) is 11.9 Å². The first-order valence-electron chi connectivity index (χ1n) is 3.72. The van der Waals surface area contributed by atoms with Gasteiger partial charge in [0.1, 0.15) is 0 Å². The smallest absolute Gasteiger partial charge is 0.0586 e. The van der Waals surface area contributed by atoms with Gasteiger partial charge in [-0.25, -0.2) is 0 Å². The largest absolute Gasteiger partial charge is 0.381 e. The van der Waals surface area contributed by atoms with E-state index in [2.05, 4.69) is 54.3 Å². The van der Waals surface area contributed by atoms with Crippen molar-refractivity contribution in [3.63, 3.8) is 0 Å². The lowest BCUT2D eigenvalue weighted by Crippen LogP contribution is -2.25. The Morgan fingerprint density at radius 2 is 2.09 bits per heavy atom. The fourth-order valence-electron chi connectivity index (χ4n) is 0.765. The van der Waals surface area contributed by atoms with Crippen LogP contribution in [0.15, 0.2) is 18.0 Å². The molecule has 0 aromatic carbocycles. The van der Waals surface area contributed by atoms with Crippen LogP contribution in [0.2, 0.25) is 0 Å². The van der Waals surface area contributed by atoms with E-state index in [1.807, 2.05) is 0 Å². The van der Waals surface area contributed by atoms with Crippen molar-refractivity contribution in [3.05, 3.63) is 18.0 Å². The lowest BCUT2D eigenvalue weighted by molar-refractivity contribution is 0.466. The molecule has 0 atom stereocenters. The van der Waals surface area contributed by atoms with Gasteiger partial charge in [0.05, 0.1) is 5.70 Å². The van der Waals surface area contributed by atoms with Crippen molar-refractivity contribution >= 4 is 15.9 Å². The molecule has 0 spiro atoms. The monoisotopic (exact) mass is 217 g/mol. The second-order valence-corrected chi connectivity index (χ2v) is 4.21. The molecule has 1 N–H and O–H groups in total. The number of allylic oxidation sites excluding steroid dienone is 1. The van der Waals surface area contributed by atoms with Gasteiger partial charge in [-0.1, -0.05) is 43.3 Å². The van der Waals surface area contributed by atoms with E-state index in [0.29, 0.717) is 0 Å². The summed E-state index contributed by atoms with van der Waals surface area (Å²) in [6, 6.07) is 0. The molecule has 64 valence electrons. The molecule has 0 unspecified atom stereocenters. The average molecular weight is 218 g/mol. The summed E-state index contributed by atoms with van der Waals surface area (Å²) >= 11 is 3.35. The zero-order valence-electron chi connectivity index (χ0n) is 7.50. The SMILES string of the molecule is C=C=C(NCCBr)C(C)(C)C. The van der Waals surface area contributed by atoms with Crippen molar-refractivity contribution < 1.29 is 0 Å². The lowest BCUT2D eigenvalue weighted by Gasteiger charge is -2.21. The van der Waals surface area contributed by atoms with Crippen molar-refractivity contribution in [2.24, 2.45) is 5.41 Å². The first-order chi connectivity index (χ1) is 5.02. The van der Waals surface area contributed by atoms with Crippen LogP contribution in [-0.2, 0) is 0 Å². The summed E-state index contributed by atoms with van der Waals surface area (Å²) in [5.41, 5.74) is 4.12. The fraction of sp³-hybridized carbons (Fsp3) is 0.667. The normalized spacial score (nSPS) is 10.5. The lowest BCUT2D eigenvalue weighted by atomic mass is 9.92. The van der Waals surface area contributed by atoms with Crippen molar-refractivity contribution in [1.82, 2.24) is 5.32 Å². The molecular formula is C9H16BrN. The van der Waals surface area contributed by atoms with Gasteiger partial charge in [-0.05, 0) is 0 Å². The van der Waals surface area contributed by atoms with E-state index >= 15 is 0 Å². The quantitative estimate of drug-likeness (QED) is 0.567. The highest BCUT2D eigenvalue weighted by molar-refractivity contribution is 9.09. The van der Waals surface area contributed by atoms with Gasteiger partial charge in [0.15, 0.2) is 0 Å². The molecule has 0 saturated heterocycles. The van der Waals surface area contributed by atoms with Gasteiger partial charge < -0.3 is 5.32 Å². The first-order valence-corrected chi connectivity index (χ1v) is 4.85. The maximum atomic E-state index is 3.64. The third-order valence-electron chi connectivity index (χ3n) is 1.32. The zero-order valence-corrected chi connectivity index (χ0v) is 9.09. The Kier molecular flexibility index (Phi) is 4.55. The number of hydrogen-bond acceptors (Lipinski definition) is 1.